The number of hydrogen-bond donors (Lipinski definition) is 0. The van der Waals surface area contributed by atoms with Crippen molar-refractivity contribution < 1.29 is 13.9 Å². The van der Waals surface area contributed by atoms with Gasteiger partial charge in [0.15, 0.2) is 10.9 Å². The molecule has 8 heteroatoms. The number of thiazole rings is 1. The Morgan fingerprint density at radius 1 is 1.08 bits per heavy atom. The van der Waals surface area contributed by atoms with Crippen LogP contribution >= 0.6 is 23.1 Å². The van der Waals surface area contributed by atoms with E-state index in [2.05, 4.69) is 15.2 Å². The Kier molecular flexibility index (Phi) is 4.94. The smallest absolute Gasteiger partial charge is 0.316 e. The molecular weight excluding hydrogens is 370 g/mol. The zero-order valence-corrected chi connectivity index (χ0v) is 15.1. The molecule has 0 radical (unpaired) electrons. The monoisotopic (exact) mass is 383 g/mol. The quantitative estimate of drug-likeness (QED) is 0.365. The highest BCUT2D eigenvalue weighted by Gasteiger charge is 2.12. The minimum atomic E-state index is -0.353. The van der Waals surface area contributed by atoms with Gasteiger partial charge in [-0.15, -0.1) is 21.5 Å². The van der Waals surface area contributed by atoms with Crippen molar-refractivity contribution in [3.63, 3.8) is 0 Å². The summed E-state index contributed by atoms with van der Waals surface area (Å²) in [5.74, 6) is 0.496. The van der Waals surface area contributed by atoms with Gasteiger partial charge in [0.1, 0.15) is 0 Å². The average Bonchev–Trinajstić information content (AvgIpc) is 3.32. The molecule has 130 valence electrons. The first-order valence-electron chi connectivity index (χ1n) is 7.80. The van der Waals surface area contributed by atoms with E-state index >= 15 is 0 Å². The minimum absolute atomic E-state index is 0.0426. The van der Waals surface area contributed by atoms with Gasteiger partial charge >= 0.3 is 5.97 Å². The van der Waals surface area contributed by atoms with E-state index in [1.54, 1.807) is 11.3 Å². The van der Waals surface area contributed by atoms with Crippen molar-refractivity contribution in [2.24, 2.45) is 0 Å². The Morgan fingerprint density at radius 3 is 2.73 bits per heavy atom. The number of rotatable bonds is 6. The molecule has 0 amide bonds. The maximum Gasteiger partial charge on any atom is 0.316 e. The molecule has 2 aromatic heterocycles. The summed E-state index contributed by atoms with van der Waals surface area (Å²) in [4.78, 5) is 16.4. The third kappa shape index (κ3) is 3.92. The first kappa shape index (κ1) is 16.7. The van der Waals surface area contributed by atoms with Crippen LogP contribution in [-0.4, -0.2) is 26.9 Å². The number of fused-ring (bicyclic) bond motifs is 1. The van der Waals surface area contributed by atoms with Gasteiger partial charge in [-0.05, 0) is 24.3 Å². The van der Waals surface area contributed by atoms with Crippen LogP contribution in [0.4, 0.5) is 0 Å². The third-order valence-corrected chi connectivity index (χ3v) is 5.58. The lowest BCUT2D eigenvalue weighted by atomic mass is 10.2. The summed E-state index contributed by atoms with van der Waals surface area (Å²) in [5, 5.41) is 7.86. The first-order chi connectivity index (χ1) is 12.8. The number of aromatic nitrogens is 3. The first-order valence-corrected chi connectivity index (χ1v) is 9.60. The fourth-order valence-corrected chi connectivity index (χ4v) is 4.09. The molecule has 0 saturated heterocycles. The lowest BCUT2D eigenvalue weighted by Crippen LogP contribution is -2.07. The van der Waals surface area contributed by atoms with Crippen molar-refractivity contribution in [1.29, 1.82) is 0 Å². The molecule has 0 atom stereocenters. The van der Waals surface area contributed by atoms with Gasteiger partial charge in [-0.3, -0.25) is 4.79 Å². The highest BCUT2D eigenvalue weighted by Crippen LogP contribution is 2.29. The molecule has 0 N–H and O–H groups in total. The molecule has 2 heterocycles. The molecule has 0 saturated carbocycles. The maximum atomic E-state index is 11.9. The van der Waals surface area contributed by atoms with E-state index in [1.165, 1.54) is 11.8 Å². The second-order valence-electron chi connectivity index (χ2n) is 5.26. The van der Waals surface area contributed by atoms with E-state index in [0.717, 1.165) is 20.1 Å². The van der Waals surface area contributed by atoms with E-state index in [1.807, 2.05) is 54.6 Å². The van der Waals surface area contributed by atoms with Crippen LogP contribution in [-0.2, 0) is 16.1 Å². The molecule has 0 spiro atoms. The van der Waals surface area contributed by atoms with Crippen LogP contribution in [0.25, 0.3) is 21.7 Å². The molecule has 2 aromatic carbocycles. The van der Waals surface area contributed by atoms with Crippen molar-refractivity contribution in [3.8, 4) is 11.5 Å². The van der Waals surface area contributed by atoms with E-state index < -0.39 is 0 Å². The summed E-state index contributed by atoms with van der Waals surface area (Å²) >= 11 is 2.92. The molecule has 0 aliphatic carbocycles. The number of hydrogen-bond acceptors (Lipinski definition) is 8. The van der Waals surface area contributed by atoms with E-state index in [4.69, 9.17) is 9.15 Å². The third-order valence-electron chi connectivity index (χ3n) is 3.43. The van der Waals surface area contributed by atoms with Crippen LogP contribution in [0.1, 0.15) is 5.89 Å². The molecule has 26 heavy (non-hydrogen) atoms. The molecule has 0 fully saturated rings. The van der Waals surface area contributed by atoms with Crippen LogP contribution in [0, 0.1) is 0 Å². The van der Waals surface area contributed by atoms with Crippen molar-refractivity contribution >= 4 is 39.3 Å². The average molecular weight is 383 g/mol. The molecule has 4 rings (SSSR count). The maximum absolute atomic E-state index is 11.9. The van der Waals surface area contributed by atoms with Gasteiger partial charge in [0, 0.05) is 5.56 Å². The summed E-state index contributed by atoms with van der Waals surface area (Å²) < 4.78 is 12.6. The summed E-state index contributed by atoms with van der Waals surface area (Å²) in [6.45, 7) is -0.0426. The SMILES string of the molecule is O=C(CSc1nc2ccccc2s1)OCc1nnc(-c2ccccc2)o1. The number of carbonyl (C=O) groups is 1. The van der Waals surface area contributed by atoms with Crippen LogP contribution in [0.5, 0.6) is 0 Å². The Labute approximate surface area is 157 Å². The van der Waals surface area contributed by atoms with Crippen molar-refractivity contribution in [2.75, 3.05) is 5.75 Å². The fraction of sp³-hybridized carbons (Fsp3) is 0.111. The van der Waals surface area contributed by atoms with E-state index in [-0.39, 0.29) is 24.2 Å². The summed E-state index contributed by atoms with van der Waals surface area (Å²) in [7, 11) is 0. The molecule has 0 bridgehead atoms. The van der Waals surface area contributed by atoms with Gasteiger partial charge in [0.2, 0.25) is 5.89 Å². The number of thioether (sulfide) groups is 1. The Bertz CT molecular complexity index is 997. The molecule has 0 aliphatic heterocycles. The van der Waals surface area contributed by atoms with Crippen LogP contribution in [0.3, 0.4) is 0 Å². The fourth-order valence-electron chi connectivity index (χ4n) is 2.23. The summed E-state index contributed by atoms with van der Waals surface area (Å²) in [6, 6.07) is 17.3. The van der Waals surface area contributed by atoms with Gasteiger partial charge in [0.05, 0.1) is 16.0 Å². The highest BCUT2D eigenvalue weighted by molar-refractivity contribution is 8.01. The Balaban J connectivity index is 1.29. The van der Waals surface area contributed by atoms with Crippen LogP contribution in [0.2, 0.25) is 0 Å². The second-order valence-corrected chi connectivity index (χ2v) is 7.52. The topological polar surface area (TPSA) is 78.1 Å². The van der Waals surface area contributed by atoms with Crippen molar-refractivity contribution in [1.82, 2.24) is 15.2 Å². The van der Waals surface area contributed by atoms with Gasteiger partial charge in [-0.1, -0.05) is 42.1 Å². The van der Waals surface area contributed by atoms with E-state index in [9.17, 15) is 4.79 Å². The van der Waals surface area contributed by atoms with Crippen molar-refractivity contribution in [2.45, 2.75) is 10.9 Å². The number of carbonyl (C=O) groups excluding carboxylic acids is 1. The molecule has 0 aliphatic rings. The van der Waals surface area contributed by atoms with Crippen LogP contribution < -0.4 is 0 Å². The standard InChI is InChI=1S/C18H13N3O3S2/c22-16(11-25-18-19-13-8-4-5-9-14(13)26-18)23-10-15-20-21-17(24-15)12-6-2-1-3-7-12/h1-9H,10-11H2. The van der Waals surface area contributed by atoms with Gasteiger partial charge in [-0.2, -0.15) is 0 Å². The molecule has 6 nitrogen and oxygen atoms in total. The highest BCUT2D eigenvalue weighted by atomic mass is 32.2. The van der Waals surface area contributed by atoms with Gasteiger partial charge in [-0.25, -0.2) is 4.98 Å². The predicted molar refractivity (Wildman–Crippen MR) is 99.9 cm³/mol. The number of benzene rings is 2. The Hall–Kier alpha value is -2.71. The van der Waals surface area contributed by atoms with Crippen molar-refractivity contribution in [3.05, 3.63) is 60.5 Å². The number of esters is 1. The number of ether oxygens (including phenoxy) is 1. The summed E-state index contributed by atoms with van der Waals surface area (Å²) in [6.07, 6.45) is 0. The van der Waals surface area contributed by atoms with Gasteiger partial charge in [0.25, 0.3) is 5.89 Å². The van der Waals surface area contributed by atoms with E-state index in [0.29, 0.717) is 5.89 Å². The minimum Gasteiger partial charge on any atom is -0.455 e. The molecular formula is C18H13N3O3S2. The zero-order chi connectivity index (χ0) is 17.8. The predicted octanol–water partition coefficient (Wildman–Crippen LogP) is 4.18. The lowest BCUT2D eigenvalue weighted by molar-refractivity contribution is -0.142. The summed E-state index contributed by atoms with van der Waals surface area (Å²) in [5.41, 5.74) is 1.76. The van der Waals surface area contributed by atoms with Crippen LogP contribution in [0.15, 0.2) is 63.4 Å². The number of para-hydroxylation sites is 1. The zero-order valence-electron chi connectivity index (χ0n) is 13.5. The Morgan fingerprint density at radius 2 is 1.88 bits per heavy atom. The van der Waals surface area contributed by atoms with Gasteiger partial charge < -0.3 is 9.15 Å². The normalized spacial score (nSPS) is 10.9. The second kappa shape index (κ2) is 7.67. The lowest BCUT2D eigenvalue weighted by Gasteiger charge is -2.00. The molecule has 0 unspecified atom stereocenters. The number of nitrogens with zero attached hydrogens (tertiary/aromatic N) is 3. The molecule has 4 aromatic rings. The largest absolute Gasteiger partial charge is 0.455 e.